The Balaban J connectivity index is 1.90. The molecule has 0 bridgehead atoms. The Labute approximate surface area is 117 Å². The van der Waals surface area contributed by atoms with E-state index in [4.69, 9.17) is 21.1 Å². The second-order valence-electron chi connectivity index (χ2n) is 4.23. The standard InChI is InChI=1S/C12H19ClN4O2/c1-2-18-5-6-19-11-10(13)8-15-12(17-11)16-9-3-4-14-7-9/h8-9,14H,2-7H2,1H3,(H,15,16,17). The molecule has 7 heteroatoms. The maximum atomic E-state index is 5.99. The van der Waals surface area contributed by atoms with Crippen LogP contribution in [0, 0.1) is 0 Å². The van der Waals surface area contributed by atoms with Crippen LogP contribution in [0.3, 0.4) is 0 Å². The molecule has 1 aliphatic heterocycles. The first-order valence-corrected chi connectivity index (χ1v) is 6.87. The normalized spacial score (nSPS) is 18.5. The topological polar surface area (TPSA) is 68.3 Å². The molecule has 1 unspecified atom stereocenters. The Morgan fingerprint density at radius 1 is 1.53 bits per heavy atom. The third kappa shape index (κ3) is 4.49. The lowest BCUT2D eigenvalue weighted by atomic mass is 10.3. The lowest BCUT2D eigenvalue weighted by Gasteiger charge is -2.12. The molecule has 1 atom stereocenters. The maximum Gasteiger partial charge on any atom is 0.237 e. The number of rotatable bonds is 7. The number of anilines is 1. The van der Waals surface area contributed by atoms with Crippen molar-refractivity contribution < 1.29 is 9.47 Å². The first-order valence-electron chi connectivity index (χ1n) is 6.50. The van der Waals surface area contributed by atoms with Gasteiger partial charge in [-0.2, -0.15) is 4.98 Å². The van der Waals surface area contributed by atoms with Crippen LogP contribution >= 0.6 is 11.6 Å². The predicted molar refractivity (Wildman–Crippen MR) is 73.9 cm³/mol. The van der Waals surface area contributed by atoms with Crippen molar-refractivity contribution in [2.24, 2.45) is 0 Å². The van der Waals surface area contributed by atoms with Gasteiger partial charge in [0.05, 0.1) is 12.8 Å². The zero-order valence-electron chi connectivity index (χ0n) is 11.0. The largest absolute Gasteiger partial charge is 0.474 e. The van der Waals surface area contributed by atoms with Gasteiger partial charge < -0.3 is 20.1 Å². The molecule has 0 aliphatic carbocycles. The molecule has 6 nitrogen and oxygen atoms in total. The highest BCUT2D eigenvalue weighted by molar-refractivity contribution is 6.31. The Morgan fingerprint density at radius 2 is 2.42 bits per heavy atom. The lowest BCUT2D eigenvalue weighted by molar-refractivity contribution is 0.108. The van der Waals surface area contributed by atoms with Crippen LogP contribution in [0.5, 0.6) is 5.88 Å². The van der Waals surface area contributed by atoms with Crippen LogP contribution in [0.25, 0.3) is 0 Å². The molecule has 1 fully saturated rings. The van der Waals surface area contributed by atoms with Crippen LogP contribution in [0.15, 0.2) is 6.20 Å². The Hall–Kier alpha value is -1.11. The molecule has 106 valence electrons. The monoisotopic (exact) mass is 286 g/mol. The van der Waals surface area contributed by atoms with E-state index in [9.17, 15) is 0 Å². The van der Waals surface area contributed by atoms with Gasteiger partial charge >= 0.3 is 0 Å². The highest BCUT2D eigenvalue weighted by Crippen LogP contribution is 2.22. The Kier molecular flexibility index (Phi) is 5.62. The number of nitrogens with zero attached hydrogens (tertiary/aromatic N) is 2. The van der Waals surface area contributed by atoms with Crippen molar-refractivity contribution in [3.63, 3.8) is 0 Å². The summed E-state index contributed by atoms with van der Waals surface area (Å²) in [5.74, 6) is 0.939. The zero-order chi connectivity index (χ0) is 13.5. The first kappa shape index (κ1) is 14.3. The molecule has 1 aromatic rings. The maximum absolute atomic E-state index is 5.99. The van der Waals surface area contributed by atoms with Gasteiger partial charge in [-0.25, -0.2) is 4.98 Å². The Morgan fingerprint density at radius 3 is 3.16 bits per heavy atom. The summed E-state index contributed by atoms with van der Waals surface area (Å²) in [5.41, 5.74) is 0. The minimum atomic E-state index is 0.359. The van der Waals surface area contributed by atoms with E-state index >= 15 is 0 Å². The molecule has 1 aromatic heterocycles. The molecule has 19 heavy (non-hydrogen) atoms. The molecule has 2 heterocycles. The van der Waals surface area contributed by atoms with E-state index in [2.05, 4.69) is 20.6 Å². The van der Waals surface area contributed by atoms with E-state index in [1.165, 1.54) is 0 Å². The van der Waals surface area contributed by atoms with E-state index in [1.807, 2.05) is 6.92 Å². The molecular weight excluding hydrogens is 268 g/mol. The molecular formula is C12H19ClN4O2. The predicted octanol–water partition coefficient (Wildman–Crippen LogP) is 1.32. The summed E-state index contributed by atoms with van der Waals surface area (Å²) in [6.45, 7) is 5.49. The molecule has 0 saturated carbocycles. The molecule has 1 saturated heterocycles. The molecule has 0 aromatic carbocycles. The summed E-state index contributed by atoms with van der Waals surface area (Å²) in [7, 11) is 0. The van der Waals surface area contributed by atoms with Gasteiger partial charge in [0, 0.05) is 19.2 Å². The smallest absolute Gasteiger partial charge is 0.237 e. The average molecular weight is 287 g/mol. The molecule has 0 amide bonds. The van der Waals surface area contributed by atoms with Gasteiger partial charge in [-0.1, -0.05) is 11.6 Å². The highest BCUT2D eigenvalue weighted by atomic mass is 35.5. The first-order chi connectivity index (χ1) is 9.29. The number of hydrogen-bond donors (Lipinski definition) is 2. The van der Waals surface area contributed by atoms with Crippen LogP contribution in [0.2, 0.25) is 5.02 Å². The summed E-state index contributed by atoms with van der Waals surface area (Å²) in [4.78, 5) is 8.43. The molecule has 0 spiro atoms. The second-order valence-corrected chi connectivity index (χ2v) is 4.63. The van der Waals surface area contributed by atoms with Crippen molar-refractivity contribution in [3.05, 3.63) is 11.2 Å². The quantitative estimate of drug-likeness (QED) is 0.737. The van der Waals surface area contributed by atoms with E-state index in [0.717, 1.165) is 19.5 Å². The van der Waals surface area contributed by atoms with E-state index < -0.39 is 0 Å². The van der Waals surface area contributed by atoms with Crippen LogP contribution < -0.4 is 15.4 Å². The summed E-state index contributed by atoms with van der Waals surface area (Å²) in [6, 6.07) is 0.359. The van der Waals surface area contributed by atoms with Gasteiger partial charge in [0.2, 0.25) is 11.8 Å². The van der Waals surface area contributed by atoms with E-state index in [1.54, 1.807) is 6.20 Å². The summed E-state index contributed by atoms with van der Waals surface area (Å²) in [5, 5.41) is 6.94. The van der Waals surface area contributed by atoms with Crippen molar-refractivity contribution in [3.8, 4) is 5.88 Å². The number of aromatic nitrogens is 2. The van der Waals surface area contributed by atoms with Crippen LogP contribution in [0.1, 0.15) is 13.3 Å². The Bertz CT molecular complexity index is 399. The fourth-order valence-electron chi connectivity index (χ4n) is 1.82. The number of halogens is 1. The fourth-order valence-corrected chi connectivity index (χ4v) is 1.97. The third-order valence-electron chi connectivity index (χ3n) is 2.78. The molecule has 2 rings (SSSR count). The molecule has 1 aliphatic rings. The van der Waals surface area contributed by atoms with Crippen molar-refractivity contribution in [1.82, 2.24) is 15.3 Å². The van der Waals surface area contributed by atoms with Crippen molar-refractivity contribution in [2.45, 2.75) is 19.4 Å². The van der Waals surface area contributed by atoms with Crippen LogP contribution in [0.4, 0.5) is 5.95 Å². The number of ether oxygens (including phenoxy) is 2. The third-order valence-corrected chi connectivity index (χ3v) is 3.04. The zero-order valence-corrected chi connectivity index (χ0v) is 11.7. The number of hydrogen-bond acceptors (Lipinski definition) is 6. The van der Waals surface area contributed by atoms with E-state index in [-0.39, 0.29) is 0 Å². The van der Waals surface area contributed by atoms with Gasteiger partial charge in [0.25, 0.3) is 0 Å². The van der Waals surface area contributed by atoms with Crippen molar-refractivity contribution in [2.75, 3.05) is 38.2 Å². The summed E-state index contributed by atoms with van der Waals surface area (Å²) in [6.07, 6.45) is 2.61. The van der Waals surface area contributed by atoms with Crippen molar-refractivity contribution >= 4 is 17.5 Å². The van der Waals surface area contributed by atoms with Crippen molar-refractivity contribution in [1.29, 1.82) is 0 Å². The van der Waals surface area contributed by atoms with E-state index in [0.29, 0.717) is 42.7 Å². The minimum Gasteiger partial charge on any atom is -0.474 e. The average Bonchev–Trinajstić information content (AvgIpc) is 2.91. The lowest BCUT2D eigenvalue weighted by Crippen LogP contribution is -2.23. The number of nitrogens with one attached hydrogen (secondary N) is 2. The van der Waals surface area contributed by atoms with Gasteiger partial charge in [0.15, 0.2) is 0 Å². The van der Waals surface area contributed by atoms with Gasteiger partial charge in [-0.15, -0.1) is 0 Å². The van der Waals surface area contributed by atoms with Gasteiger partial charge in [0.1, 0.15) is 11.6 Å². The fraction of sp³-hybridized carbons (Fsp3) is 0.667. The van der Waals surface area contributed by atoms with Crippen LogP contribution in [-0.2, 0) is 4.74 Å². The second kappa shape index (κ2) is 7.47. The summed E-state index contributed by atoms with van der Waals surface area (Å²) < 4.78 is 10.7. The molecule has 2 N–H and O–H groups in total. The molecule has 0 radical (unpaired) electrons. The SMILES string of the molecule is CCOCCOc1nc(NC2CCNC2)ncc1Cl. The van der Waals surface area contributed by atoms with Gasteiger partial charge in [-0.05, 0) is 19.9 Å². The highest BCUT2D eigenvalue weighted by Gasteiger charge is 2.16. The van der Waals surface area contributed by atoms with Crippen LogP contribution in [-0.4, -0.2) is 48.9 Å². The van der Waals surface area contributed by atoms with Gasteiger partial charge in [-0.3, -0.25) is 0 Å². The summed E-state index contributed by atoms with van der Waals surface area (Å²) >= 11 is 5.99. The minimum absolute atomic E-state index is 0.359.